The van der Waals surface area contributed by atoms with Crippen molar-refractivity contribution in [2.75, 3.05) is 7.11 Å². The van der Waals surface area contributed by atoms with Gasteiger partial charge in [0.2, 0.25) is 0 Å². The highest BCUT2D eigenvalue weighted by Gasteiger charge is 2.18. The monoisotopic (exact) mass is 351 g/mol. The minimum atomic E-state index is -0.470. The van der Waals surface area contributed by atoms with Crippen molar-refractivity contribution in [3.63, 3.8) is 0 Å². The van der Waals surface area contributed by atoms with Crippen molar-refractivity contribution in [3.8, 4) is 11.4 Å². The molecule has 3 aromatic rings. The van der Waals surface area contributed by atoms with Crippen LogP contribution in [0, 0.1) is 6.92 Å². The number of methoxy groups -OCH3 is 1. The minimum Gasteiger partial charge on any atom is -0.494 e. The van der Waals surface area contributed by atoms with E-state index < -0.39 is 11.5 Å². The smallest absolute Gasteiger partial charge is 0.275 e. The summed E-state index contributed by atoms with van der Waals surface area (Å²) in [7, 11) is 1.38. The van der Waals surface area contributed by atoms with Gasteiger partial charge in [-0.15, -0.1) is 0 Å². The van der Waals surface area contributed by atoms with E-state index in [1.54, 1.807) is 30.3 Å². The molecule has 0 aliphatic carbocycles. The summed E-state index contributed by atoms with van der Waals surface area (Å²) in [5, 5.41) is 6.91. The molecule has 8 heteroatoms. The third-order valence-electron chi connectivity index (χ3n) is 3.62. The molecule has 0 radical (unpaired) electrons. The highest BCUT2D eigenvalue weighted by atomic mass is 16.5. The van der Waals surface area contributed by atoms with Gasteiger partial charge in [-0.25, -0.2) is 9.97 Å². The van der Waals surface area contributed by atoms with Gasteiger partial charge in [-0.05, 0) is 25.1 Å². The van der Waals surface area contributed by atoms with Crippen LogP contribution in [0.1, 0.15) is 21.9 Å². The van der Waals surface area contributed by atoms with Crippen LogP contribution in [-0.2, 0) is 6.54 Å². The van der Waals surface area contributed by atoms with Gasteiger partial charge in [0.1, 0.15) is 6.33 Å². The molecular formula is C18H17N5O3. The molecule has 0 aliphatic rings. The Labute approximate surface area is 149 Å². The largest absolute Gasteiger partial charge is 0.494 e. The fourth-order valence-electron chi connectivity index (χ4n) is 2.37. The van der Waals surface area contributed by atoms with E-state index in [1.165, 1.54) is 19.5 Å². The Balaban J connectivity index is 1.90. The van der Waals surface area contributed by atoms with Crippen LogP contribution in [0.3, 0.4) is 0 Å². The number of hydrogen-bond donors (Lipinski definition) is 1. The number of rotatable bonds is 5. The quantitative estimate of drug-likeness (QED) is 0.743. The molecule has 8 nitrogen and oxygen atoms in total. The lowest BCUT2D eigenvalue weighted by Gasteiger charge is -2.11. The zero-order valence-electron chi connectivity index (χ0n) is 14.3. The second-order valence-electron chi connectivity index (χ2n) is 5.48. The molecule has 1 N–H and O–H groups in total. The summed E-state index contributed by atoms with van der Waals surface area (Å²) < 4.78 is 6.31. The average molecular weight is 351 g/mol. The highest BCUT2D eigenvalue weighted by molar-refractivity contribution is 5.94. The number of nitrogens with zero attached hydrogens (tertiary/aromatic N) is 4. The third-order valence-corrected chi connectivity index (χ3v) is 3.62. The topological polar surface area (TPSA) is 99.0 Å². The van der Waals surface area contributed by atoms with Gasteiger partial charge in [-0.1, -0.05) is 18.2 Å². The molecule has 0 unspecified atom stereocenters. The van der Waals surface area contributed by atoms with Gasteiger partial charge in [0.15, 0.2) is 11.4 Å². The van der Waals surface area contributed by atoms with Crippen LogP contribution in [0.25, 0.3) is 5.69 Å². The van der Waals surface area contributed by atoms with E-state index in [2.05, 4.69) is 20.4 Å². The van der Waals surface area contributed by atoms with Gasteiger partial charge in [0.05, 0.1) is 31.1 Å². The van der Waals surface area contributed by atoms with Crippen LogP contribution in [0.2, 0.25) is 0 Å². The lowest BCUT2D eigenvalue weighted by atomic mass is 10.3. The van der Waals surface area contributed by atoms with Gasteiger partial charge >= 0.3 is 0 Å². The number of carbonyl (C=O) groups excluding carboxylic acids is 1. The molecule has 1 amide bonds. The maximum absolute atomic E-state index is 12.6. The number of hydrogen-bond acceptors (Lipinski definition) is 6. The second kappa shape index (κ2) is 7.56. The van der Waals surface area contributed by atoms with Crippen molar-refractivity contribution in [3.05, 3.63) is 76.2 Å². The van der Waals surface area contributed by atoms with E-state index in [9.17, 15) is 9.59 Å². The fourth-order valence-corrected chi connectivity index (χ4v) is 2.37. The second-order valence-corrected chi connectivity index (χ2v) is 5.48. The molecule has 0 aliphatic heterocycles. The Morgan fingerprint density at radius 1 is 1.19 bits per heavy atom. The van der Waals surface area contributed by atoms with Crippen LogP contribution in [0.15, 0.2) is 53.6 Å². The molecular weight excluding hydrogens is 334 g/mol. The first-order valence-corrected chi connectivity index (χ1v) is 7.88. The third kappa shape index (κ3) is 3.75. The summed E-state index contributed by atoms with van der Waals surface area (Å²) in [6, 6.07) is 11.9. The van der Waals surface area contributed by atoms with Crippen molar-refractivity contribution < 1.29 is 9.53 Å². The maximum atomic E-state index is 12.6. The summed E-state index contributed by atoms with van der Waals surface area (Å²) >= 11 is 0. The lowest BCUT2D eigenvalue weighted by Crippen LogP contribution is -2.29. The van der Waals surface area contributed by atoms with E-state index in [-0.39, 0.29) is 18.0 Å². The molecule has 0 saturated carbocycles. The number of para-hydroxylation sites is 1. The Hall–Kier alpha value is -3.55. The molecule has 1 aromatic carbocycles. The minimum absolute atomic E-state index is 0.0155. The normalized spacial score (nSPS) is 10.4. The Morgan fingerprint density at radius 3 is 2.65 bits per heavy atom. The number of amides is 1. The summed E-state index contributed by atoms with van der Waals surface area (Å²) in [5.41, 5.74) is 1.65. The SMILES string of the molecule is COc1cc(=O)n(-c2ccccc2)nc1C(=O)NCc1cc(C)ncn1. The molecule has 0 spiro atoms. The summed E-state index contributed by atoms with van der Waals surface area (Å²) in [4.78, 5) is 32.9. The van der Waals surface area contributed by atoms with E-state index in [0.29, 0.717) is 11.4 Å². The first kappa shape index (κ1) is 17.3. The highest BCUT2D eigenvalue weighted by Crippen LogP contribution is 2.14. The van der Waals surface area contributed by atoms with Gasteiger partial charge < -0.3 is 10.1 Å². The zero-order valence-corrected chi connectivity index (χ0v) is 14.3. The molecule has 0 atom stereocenters. The van der Waals surface area contributed by atoms with Crippen molar-refractivity contribution in [1.29, 1.82) is 0 Å². The molecule has 3 rings (SSSR count). The Bertz CT molecular complexity index is 986. The van der Waals surface area contributed by atoms with Crippen molar-refractivity contribution in [1.82, 2.24) is 25.1 Å². The number of aromatic nitrogens is 4. The van der Waals surface area contributed by atoms with Gasteiger partial charge in [0, 0.05) is 5.69 Å². The Kier molecular flexibility index (Phi) is 5.02. The number of ether oxygens (including phenoxy) is 1. The first-order chi connectivity index (χ1) is 12.6. The predicted molar refractivity (Wildman–Crippen MR) is 94.3 cm³/mol. The predicted octanol–water partition coefficient (Wildman–Crippen LogP) is 1.27. The van der Waals surface area contributed by atoms with E-state index >= 15 is 0 Å². The lowest BCUT2D eigenvalue weighted by molar-refractivity contribution is 0.0940. The van der Waals surface area contributed by atoms with Crippen molar-refractivity contribution >= 4 is 5.91 Å². The number of carbonyl (C=O) groups is 1. The molecule has 0 saturated heterocycles. The van der Waals surface area contributed by atoms with Gasteiger partial charge in [0.25, 0.3) is 11.5 Å². The molecule has 2 heterocycles. The van der Waals surface area contributed by atoms with E-state index in [0.717, 1.165) is 10.4 Å². The molecule has 0 fully saturated rings. The fraction of sp³-hybridized carbons (Fsp3) is 0.167. The molecule has 132 valence electrons. The molecule has 26 heavy (non-hydrogen) atoms. The van der Waals surface area contributed by atoms with Crippen LogP contribution in [-0.4, -0.2) is 32.8 Å². The molecule has 0 bridgehead atoms. The Morgan fingerprint density at radius 2 is 1.96 bits per heavy atom. The van der Waals surface area contributed by atoms with Crippen LogP contribution < -0.4 is 15.6 Å². The molecule has 2 aromatic heterocycles. The van der Waals surface area contributed by atoms with Crippen LogP contribution in [0.5, 0.6) is 5.75 Å². The van der Waals surface area contributed by atoms with Gasteiger partial charge in [-0.3, -0.25) is 9.59 Å². The van der Waals surface area contributed by atoms with E-state index in [1.807, 2.05) is 13.0 Å². The maximum Gasteiger partial charge on any atom is 0.275 e. The van der Waals surface area contributed by atoms with E-state index in [4.69, 9.17) is 4.74 Å². The van der Waals surface area contributed by atoms with Gasteiger partial charge in [-0.2, -0.15) is 9.78 Å². The summed E-state index contributed by atoms with van der Waals surface area (Å²) in [6.45, 7) is 2.05. The number of benzene rings is 1. The standard InChI is InChI=1S/C18H17N5O3/c1-12-8-13(21-11-20-12)10-19-18(25)17-15(26-2)9-16(24)23(22-17)14-6-4-3-5-7-14/h3-9,11H,10H2,1-2H3,(H,19,25). The summed E-state index contributed by atoms with van der Waals surface area (Å²) in [5.74, 6) is -0.360. The van der Waals surface area contributed by atoms with Crippen LogP contribution >= 0.6 is 0 Å². The first-order valence-electron chi connectivity index (χ1n) is 7.88. The van der Waals surface area contributed by atoms with Crippen molar-refractivity contribution in [2.24, 2.45) is 0 Å². The number of nitrogens with one attached hydrogen (secondary N) is 1. The zero-order chi connectivity index (χ0) is 18.5. The van der Waals surface area contributed by atoms with Crippen LogP contribution in [0.4, 0.5) is 0 Å². The van der Waals surface area contributed by atoms with Crippen molar-refractivity contribution in [2.45, 2.75) is 13.5 Å². The average Bonchev–Trinajstić information content (AvgIpc) is 2.66. The number of aryl methyl sites for hydroxylation is 1. The summed E-state index contributed by atoms with van der Waals surface area (Å²) in [6.07, 6.45) is 1.44.